The summed E-state index contributed by atoms with van der Waals surface area (Å²) in [6.45, 7) is 4.93. The van der Waals surface area contributed by atoms with Crippen LogP contribution in [0.4, 0.5) is 18.9 Å². The lowest BCUT2D eigenvalue weighted by molar-refractivity contribution is -0.137. The fraction of sp³-hybridized carbons (Fsp3) is 0.462. The van der Waals surface area contributed by atoms with Crippen molar-refractivity contribution in [1.82, 2.24) is 39.5 Å². The van der Waals surface area contributed by atoms with Crippen LogP contribution >= 0.6 is 0 Å². The molecule has 1 saturated carbocycles. The number of carbonyl (C=O) groups excluding carboxylic acids is 3. The number of carbonyl (C=O) groups is 3. The highest BCUT2D eigenvalue weighted by atomic mass is 19.4. The number of hydrogen-bond donors (Lipinski definition) is 3. The SMILES string of the molecule is Cc1ncnc(C(=O)N2CCC3(CC2)OCc2ncnc(C4=CCN(C(=O)C5(C#N)CC5)CC4)[nH]n(CC(=O)Nc4ccc(C(F)(F)F)cc4C(C)C)c(=O)c23)c1O. The summed E-state index contributed by atoms with van der Waals surface area (Å²) in [6, 6.07) is 5.17. The molecule has 3 amide bonds. The molecule has 4 aliphatic rings. The van der Waals surface area contributed by atoms with Crippen molar-refractivity contribution in [2.75, 3.05) is 31.5 Å². The van der Waals surface area contributed by atoms with E-state index in [9.17, 15) is 42.7 Å². The number of rotatable bonds is 7. The van der Waals surface area contributed by atoms with Crippen LogP contribution in [0, 0.1) is 23.7 Å². The van der Waals surface area contributed by atoms with Gasteiger partial charge in [-0.1, -0.05) is 19.9 Å². The number of amides is 3. The van der Waals surface area contributed by atoms with Crippen molar-refractivity contribution >= 4 is 29.0 Å². The molecule has 3 aliphatic heterocycles. The zero-order valence-corrected chi connectivity index (χ0v) is 32.0. The number of nitrogens with one attached hydrogen (secondary N) is 2. The number of H-pyrrole nitrogens is 1. The number of aromatic amines is 1. The first-order valence-electron chi connectivity index (χ1n) is 18.8. The van der Waals surface area contributed by atoms with Crippen molar-refractivity contribution in [1.29, 1.82) is 5.26 Å². The lowest BCUT2D eigenvalue weighted by atomic mass is 9.85. The van der Waals surface area contributed by atoms with Gasteiger partial charge in [-0.25, -0.2) is 24.6 Å². The summed E-state index contributed by atoms with van der Waals surface area (Å²) in [5, 5.41) is 25.7. The lowest BCUT2D eigenvalue weighted by Crippen LogP contribution is -2.47. The summed E-state index contributed by atoms with van der Waals surface area (Å²) in [7, 11) is 0. The van der Waals surface area contributed by atoms with Crippen molar-refractivity contribution in [3.63, 3.8) is 0 Å². The van der Waals surface area contributed by atoms with Gasteiger partial charge < -0.3 is 25.0 Å². The molecular weight excluding hydrogens is 761 g/mol. The van der Waals surface area contributed by atoms with Gasteiger partial charge in [-0.05, 0) is 74.3 Å². The Balaban J connectivity index is 1.24. The minimum Gasteiger partial charge on any atom is -0.504 e. The maximum Gasteiger partial charge on any atom is 0.416 e. The van der Waals surface area contributed by atoms with Gasteiger partial charge in [-0.3, -0.25) is 24.3 Å². The molecule has 3 N–H and O–H groups in total. The summed E-state index contributed by atoms with van der Waals surface area (Å²) in [5.74, 6) is -2.03. The fourth-order valence-electron chi connectivity index (χ4n) is 7.57. The number of nitriles is 1. The van der Waals surface area contributed by atoms with Crippen LogP contribution in [0.25, 0.3) is 5.57 Å². The van der Waals surface area contributed by atoms with Crippen LogP contribution in [-0.4, -0.2) is 88.5 Å². The number of alkyl halides is 3. The third-order valence-electron chi connectivity index (χ3n) is 11.1. The van der Waals surface area contributed by atoms with E-state index in [2.05, 4.69) is 36.4 Å². The Bertz CT molecular complexity index is 2370. The van der Waals surface area contributed by atoms with Gasteiger partial charge in [-0.15, -0.1) is 0 Å². The highest BCUT2D eigenvalue weighted by Gasteiger charge is 2.52. The van der Waals surface area contributed by atoms with Gasteiger partial charge in [0, 0.05) is 31.9 Å². The van der Waals surface area contributed by atoms with Crippen LogP contribution in [-0.2, 0) is 39.3 Å². The van der Waals surface area contributed by atoms with Crippen molar-refractivity contribution in [2.24, 2.45) is 5.41 Å². The second-order valence-electron chi connectivity index (χ2n) is 15.2. The van der Waals surface area contributed by atoms with Crippen molar-refractivity contribution in [3.05, 3.63) is 86.9 Å². The molecule has 0 atom stereocenters. The van der Waals surface area contributed by atoms with E-state index < -0.39 is 52.6 Å². The van der Waals surface area contributed by atoms with E-state index in [1.807, 2.05) is 0 Å². The Morgan fingerprint density at radius 3 is 2.41 bits per heavy atom. The first-order valence-corrected chi connectivity index (χ1v) is 18.8. The van der Waals surface area contributed by atoms with Crippen molar-refractivity contribution in [3.8, 4) is 11.8 Å². The Morgan fingerprint density at radius 1 is 1.05 bits per heavy atom. The van der Waals surface area contributed by atoms with Gasteiger partial charge >= 0.3 is 6.18 Å². The van der Waals surface area contributed by atoms with E-state index in [1.165, 1.54) is 23.6 Å². The van der Waals surface area contributed by atoms with Crippen LogP contribution in [0.1, 0.15) is 96.3 Å². The molecule has 0 bridgehead atoms. The molecule has 304 valence electrons. The molecule has 0 radical (unpaired) electrons. The van der Waals surface area contributed by atoms with Crippen LogP contribution in [0.15, 0.2) is 41.7 Å². The Morgan fingerprint density at radius 2 is 1.78 bits per heavy atom. The molecule has 1 aliphatic carbocycles. The van der Waals surface area contributed by atoms with Crippen LogP contribution < -0.4 is 10.9 Å². The van der Waals surface area contributed by atoms with Crippen LogP contribution in [0.3, 0.4) is 0 Å². The third kappa shape index (κ3) is 7.63. The monoisotopic (exact) mass is 802 g/mol. The van der Waals surface area contributed by atoms with Crippen LogP contribution in [0.2, 0.25) is 0 Å². The second-order valence-corrected chi connectivity index (χ2v) is 15.2. The summed E-state index contributed by atoms with van der Waals surface area (Å²) < 4.78 is 48.1. The minimum atomic E-state index is -4.60. The highest BCUT2D eigenvalue weighted by molar-refractivity contribution is 5.95. The molecular formula is C39H41F3N10O6. The molecule has 2 aromatic heterocycles. The number of benzene rings is 1. The number of hydrogen-bond acceptors (Lipinski definition) is 11. The number of piperidine rings is 1. The molecule has 1 spiro atoms. The molecule has 16 nitrogen and oxygen atoms in total. The predicted molar refractivity (Wildman–Crippen MR) is 199 cm³/mol. The number of aromatic hydroxyl groups is 1. The fourth-order valence-corrected chi connectivity index (χ4v) is 7.57. The van der Waals surface area contributed by atoms with Gasteiger partial charge in [-0.2, -0.15) is 18.4 Å². The summed E-state index contributed by atoms with van der Waals surface area (Å²) in [5.41, 5.74) is -2.25. The van der Waals surface area contributed by atoms with E-state index in [0.29, 0.717) is 24.8 Å². The normalized spacial score (nSPS) is 17.9. The number of halogens is 3. The molecule has 58 heavy (non-hydrogen) atoms. The molecule has 3 aromatic rings. The zero-order chi connectivity index (χ0) is 41.6. The van der Waals surface area contributed by atoms with E-state index in [0.717, 1.165) is 16.8 Å². The Kier molecular flexibility index (Phi) is 10.6. The van der Waals surface area contributed by atoms with Gasteiger partial charge in [0.25, 0.3) is 11.5 Å². The quantitative estimate of drug-likeness (QED) is 0.307. The first kappa shape index (κ1) is 40.1. The van der Waals surface area contributed by atoms with Gasteiger partial charge in [0.05, 0.1) is 35.2 Å². The second kappa shape index (κ2) is 15.3. The summed E-state index contributed by atoms with van der Waals surface area (Å²) in [6.07, 6.45) is 1.23. The number of aromatic nitrogens is 6. The predicted octanol–water partition coefficient (Wildman–Crippen LogP) is 4.26. The molecule has 5 heterocycles. The number of aryl methyl sites for hydroxylation is 1. The van der Waals surface area contributed by atoms with Gasteiger partial charge in [0.1, 0.15) is 36.0 Å². The summed E-state index contributed by atoms with van der Waals surface area (Å²) >= 11 is 0. The molecule has 1 saturated heterocycles. The standard InChI is InChI=1S/C39H41F3N10O6/c1-22(2)26-16-25(39(40,41)42)4-5-27(26)48-29(53)17-52-34(55)30-28(18-58-38(30)10-14-50(15-11-38)35(56)31-32(54)23(3)44-20-46-31)45-21-47-33(49-52)24-6-12-51(13-7-24)36(57)37(19-43)8-9-37/h4-6,16,20-22,54H,7-15,17-18H2,1-3H3,(H,48,53)(H,45,47,49). The Hall–Kier alpha value is -6.16. The number of fused-ring (bicyclic) bond motifs is 2. The Labute approximate surface area is 330 Å². The zero-order valence-electron chi connectivity index (χ0n) is 32.0. The molecule has 19 heteroatoms. The molecule has 0 unspecified atom stereocenters. The highest BCUT2D eigenvalue weighted by Crippen LogP contribution is 2.47. The van der Waals surface area contributed by atoms with Gasteiger partial charge in [0.15, 0.2) is 11.4 Å². The number of nitrogens with zero attached hydrogens (tertiary/aromatic N) is 8. The first-order chi connectivity index (χ1) is 27.6. The van der Waals surface area contributed by atoms with E-state index >= 15 is 0 Å². The lowest BCUT2D eigenvalue weighted by Gasteiger charge is -2.38. The van der Waals surface area contributed by atoms with E-state index in [1.54, 1.807) is 31.7 Å². The molecule has 2 fully saturated rings. The number of anilines is 1. The minimum absolute atomic E-state index is 0.0774. The smallest absolute Gasteiger partial charge is 0.416 e. The largest absolute Gasteiger partial charge is 0.504 e. The maximum atomic E-state index is 14.8. The summed E-state index contributed by atoms with van der Waals surface area (Å²) in [4.78, 5) is 75.1. The topological polar surface area (TPSA) is 212 Å². The number of ether oxygens (including phenoxy) is 1. The molecule has 1 aromatic carbocycles. The van der Waals surface area contributed by atoms with Crippen molar-refractivity contribution in [2.45, 2.75) is 83.7 Å². The van der Waals surface area contributed by atoms with Gasteiger partial charge in [0.2, 0.25) is 11.8 Å². The number of likely N-dealkylation sites (tertiary alicyclic amines) is 1. The molecule has 7 rings (SSSR count). The van der Waals surface area contributed by atoms with E-state index in [-0.39, 0.29) is 97.0 Å². The van der Waals surface area contributed by atoms with Crippen molar-refractivity contribution < 1.29 is 37.4 Å². The third-order valence-corrected chi connectivity index (χ3v) is 11.1. The van der Waals surface area contributed by atoms with E-state index in [4.69, 9.17) is 4.74 Å². The average Bonchev–Trinajstić information content (AvgIpc) is 3.92. The maximum absolute atomic E-state index is 14.8. The van der Waals surface area contributed by atoms with Crippen LogP contribution in [0.5, 0.6) is 5.75 Å². The average molecular weight is 803 g/mol.